The molecule has 0 aliphatic heterocycles. The third kappa shape index (κ3) is 4.14. The molecule has 0 aliphatic carbocycles. The van der Waals surface area contributed by atoms with Gasteiger partial charge in [0.25, 0.3) is 0 Å². The van der Waals surface area contributed by atoms with Gasteiger partial charge in [0.05, 0.1) is 0 Å². The maximum absolute atomic E-state index is 11.6. The predicted molar refractivity (Wildman–Crippen MR) is 78.7 cm³/mol. The summed E-state index contributed by atoms with van der Waals surface area (Å²) in [6.45, 7) is 3.81. The molecule has 0 fully saturated rings. The average molecular weight is 272 g/mol. The van der Waals surface area contributed by atoms with Crippen LogP contribution < -0.4 is 4.74 Å². The van der Waals surface area contributed by atoms with Crippen molar-refractivity contribution in [1.29, 1.82) is 0 Å². The zero-order valence-corrected chi connectivity index (χ0v) is 11.8. The van der Waals surface area contributed by atoms with E-state index in [1.165, 1.54) is 11.8 Å². The number of benzene rings is 2. The molecular weight excluding hydrogens is 256 g/mol. The highest BCUT2D eigenvalue weighted by molar-refractivity contribution is 8.13. The van der Waals surface area contributed by atoms with Gasteiger partial charge in [-0.2, -0.15) is 0 Å². The highest BCUT2D eigenvalue weighted by Crippen LogP contribution is 2.26. The first-order valence-corrected chi connectivity index (χ1v) is 7.01. The SMILES string of the molecule is CC(C)C(=O)Sc1ccc(Oc2ccccc2)cc1. The summed E-state index contributed by atoms with van der Waals surface area (Å²) in [6.07, 6.45) is 0. The smallest absolute Gasteiger partial charge is 0.196 e. The van der Waals surface area contributed by atoms with Crippen LogP contribution in [0.15, 0.2) is 59.5 Å². The number of rotatable bonds is 4. The van der Waals surface area contributed by atoms with Crippen molar-refractivity contribution in [3.63, 3.8) is 0 Å². The summed E-state index contributed by atoms with van der Waals surface area (Å²) in [4.78, 5) is 12.6. The van der Waals surface area contributed by atoms with Gasteiger partial charge in [0.15, 0.2) is 5.12 Å². The molecule has 2 nitrogen and oxygen atoms in total. The van der Waals surface area contributed by atoms with E-state index in [2.05, 4.69) is 0 Å². The summed E-state index contributed by atoms with van der Waals surface area (Å²) in [5, 5.41) is 0.178. The molecule has 0 unspecified atom stereocenters. The number of ether oxygens (including phenoxy) is 1. The zero-order valence-electron chi connectivity index (χ0n) is 11.0. The first kappa shape index (κ1) is 13.7. The third-order valence-electron chi connectivity index (χ3n) is 2.49. The molecular formula is C16H16O2S. The second-order valence-corrected chi connectivity index (χ2v) is 5.54. The number of carbonyl (C=O) groups excluding carboxylic acids is 1. The Kier molecular flexibility index (Phi) is 4.63. The number of thioether (sulfide) groups is 1. The van der Waals surface area contributed by atoms with E-state index in [4.69, 9.17) is 4.74 Å². The van der Waals surface area contributed by atoms with Crippen molar-refractivity contribution in [3.05, 3.63) is 54.6 Å². The summed E-state index contributed by atoms with van der Waals surface area (Å²) in [7, 11) is 0. The fourth-order valence-corrected chi connectivity index (χ4v) is 2.17. The van der Waals surface area contributed by atoms with E-state index >= 15 is 0 Å². The molecule has 2 rings (SSSR count). The number of hydrogen-bond donors (Lipinski definition) is 0. The second-order valence-electron chi connectivity index (χ2n) is 4.46. The Morgan fingerprint density at radius 2 is 1.53 bits per heavy atom. The summed E-state index contributed by atoms with van der Waals surface area (Å²) >= 11 is 1.27. The fraction of sp³-hybridized carbons (Fsp3) is 0.188. The summed E-state index contributed by atoms with van der Waals surface area (Å²) in [5.74, 6) is 1.62. The van der Waals surface area contributed by atoms with E-state index in [1.807, 2.05) is 68.4 Å². The third-order valence-corrected chi connectivity index (χ3v) is 3.67. The van der Waals surface area contributed by atoms with Crippen molar-refractivity contribution < 1.29 is 9.53 Å². The number of para-hydroxylation sites is 1. The molecule has 0 bridgehead atoms. The van der Waals surface area contributed by atoms with Gasteiger partial charge in [-0.05, 0) is 36.4 Å². The molecule has 19 heavy (non-hydrogen) atoms. The lowest BCUT2D eigenvalue weighted by molar-refractivity contribution is -0.113. The van der Waals surface area contributed by atoms with Crippen LogP contribution in [0.1, 0.15) is 13.8 Å². The van der Waals surface area contributed by atoms with Gasteiger partial charge in [0.2, 0.25) is 0 Å². The standard InChI is InChI=1S/C16H16O2S/c1-12(2)16(17)19-15-10-8-14(9-11-15)18-13-6-4-3-5-7-13/h3-12H,1-2H3. The van der Waals surface area contributed by atoms with E-state index in [0.29, 0.717) is 0 Å². The summed E-state index contributed by atoms with van der Waals surface area (Å²) in [6, 6.07) is 17.2. The quantitative estimate of drug-likeness (QED) is 0.751. The molecule has 0 heterocycles. The van der Waals surface area contributed by atoms with Gasteiger partial charge >= 0.3 is 0 Å². The molecule has 98 valence electrons. The van der Waals surface area contributed by atoms with Crippen molar-refractivity contribution in [1.82, 2.24) is 0 Å². The largest absolute Gasteiger partial charge is 0.457 e. The summed E-state index contributed by atoms with van der Waals surface area (Å²) in [5.41, 5.74) is 0. The van der Waals surface area contributed by atoms with Crippen LogP contribution in [-0.4, -0.2) is 5.12 Å². The highest BCUT2D eigenvalue weighted by Gasteiger charge is 2.09. The van der Waals surface area contributed by atoms with Crippen LogP contribution in [0.4, 0.5) is 0 Å². The van der Waals surface area contributed by atoms with Crippen LogP contribution in [0, 0.1) is 5.92 Å². The van der Waals surface area contributed by atoms with Crippen molar-refractivity contribution in [3.8, 4) is 11.5 Å². The summed E-state index contributed by atoms with van der Waals surface area (Å²) < 4.78 is 5.69. The maximum Gasteiger partial charge on any atom is 0.196 e. The van der Waals surface area contributed by atoms with Crippen LogP contribution in [0.25, 0.3) is 0 Å². The molecule has 0 aliphatic rings. The molecule has 0 radical (unpaired) electrons. The molecule has 0 N–H and O–H groups in total. The van der Waals surface area contributed by atoms with Crippen molar-refractivity contribution in [2.45, 2.75) is 18.7 Å². The monoisotopic (exact) mass is 272 g/mol. The minimum absolute atomic E-state index is 0.0465. The van der Waals surface area contributed by atoms with Crippen molar-refractivity contribution in [2.75, 3.05) is 0 Å². The number of hydrogen-bond acceptors (Lipinski definition) is 3. The Morgan fingerprint density at radius 1 is 0.947 bits per heavy atom. The number of carbonyl (C=O) groups is 1. The fourth-order valence-electron chi connectivity index (χ4n) is 1.43. The first-order chi connectivity index (χ1) is 9.15. The lowest BCUT2D eigenvalue weighted by Crippen LogP contribution is -2.00. The molecule has 3 heteroatoms. The normalized spacial score (nSPS) is 10.5. The maximum atomic E-state index is 11.6. The predicted octanol–water partition coefficient (Wildman–Crippen LogP) is 4.75. The van der Waals surface area contributed by atoms with Gasteiger partial charge in [-0.15, -0.1) is 0 Å². The Bertz CT molecular complexity index is 532. The zero-order chi connectivity index (χ0) is 13.7. The molecule has 0 atom stereocenters. The van der Waals surface area contributed by atoms with Gasteiger partial charge in [-0.1, -0.05) is 43.8 Å². The minimum Gasteiger partial charge on any atom is -0.457 e. The van der Waals surface area contributed by atoms with Gasteiger partial charge in [0, 0.05) is 10.8 Å². The first-order valence-electron chi connectivity index (χ1n) is 6.20. The van der Waals surface area contributed by atoms with E-state index in [0.717, 1.165) is 16.4 Å². The minimum atomic E-state index is 0.0465. The lowest BCUT2D eigenvalue weighted by Gasteiger charge is -2.07. The Morgan fingerprint density at radius 3 is 2.11 bits per heavy atom. The topological polar surface area (TPSA) is 26.3 Å². The Balaban J connectivity index is 2.01. The van der Waals surface area contributed by atoms with Gasteiger partial charge in [-0.25, -0.2) is 0 Å². The van der Waals surface area contributed by atoms with Gasteiger partial charge in [0.1, 0.15) is 11.5 Å². The Labute approximate surface area is 117 Å². The second kappa shape index (κ2) is 6.43. The van der Waals surface area contributed by atoms with Crippen LogP contribution >= 0.6 is 11.8 Å². The highest BCUT2D eigenvalue weighted by atomic mass is 32.2. The van der Waals surface area contributed by atoms with Gasteiger partial charge in [-0.3, -0.25) is 4.79 Å². The molecule has 0 saturated heterocycles. The van der Waals surface area contributed by atoms with Crippen LogP contribution in [0.2, 0.25) is 0 Å². The molecule has 0 amide bonds. The van der Waals surface area contributed by atoms with Crippen molar-refractivity contribution in [2.24, 2.45) is 5.92 Å². The van der Waals surface area contributed by atoms with E-state index in [9.17, 15) is 4.79 Å². The molecule has 2 aromatic carbocycles. The molecule has 2 aromatic rings. The van der Waals surface area contributed by atoms with E-state index in [-0.39, 0.29) is 11.0 Å². The Hall–Kier alpha value is -1.74. The molecule has 0 aromatic heterocycles. The van der Waals surface area contributed by atoms with Crippen LogP contribution in [-0.2, 0) is 4.79 Å². The van der Waals surface area contributed by atoms with Gasteiger partial charge < -0.3 is 4.74 Å². The average Bonchev–Trinajstić information content (AvgIpc) is 2.42. The van der Waals surface area contributed by atoms with E-state index < -0.39 is 0 Å². The van der Waals surface area contributed by atoms with Crippen molar-refractivity contribution >= 4 is 16.9 Å². The molecule has 0 saturated carbocycles. The lowest BCUT2D eigenvalue weighted by atomic mass is 10.3. The van der Waals surface area contributed by atoms with Crippen LogP contribution in [0.5, 0.6) is 11.5 Å². The molecule has 0 spiro atoms. The van der Waals surface area contributed by atoms with Crippen LogP contribution in [0.3, 0.4) is 0 Å². The van der Waals surface area contributed by atoms with E-state index in [1.54, 1.807) is 0 Å².